The Hall–Kier alpha value is -0.980. The summed E-state index contributed by atoms with van der Waals surface area (Å²) in [7, 11) is 1.06. The Kier molecular flexibility index (Phi) is 4.40. The lowest BCUT2D eigenvalue weighted by atomic mass is 10.0. The fourth-order valence-electron chi connectivity index (χ4n) is 1.20. The number of carbonyl (C=O) groups is 1. The second-order valence-electron chi connectivity index (χ2n) is 3.05. The highest BCUT2D eigenvalue weighted by Gasteiger charge is 2.29. The van der Waals surface area contributed by atoms with Gasteiger partial charge in [-0.05, 0) is 12.1 Å². The van der Waals surface area contributed by atoms with Gasteiger partial charge in [0.2, 0.25) is 0 Å². The van der Waals surface area contributed by atoms with E-state index in [-0.39, 0.29) is 10.0 Å². The van der Waals surface area contributed by atoms with Crippen molar-refractivity contribution in [2.45, 2.75) is 12.2 Å². The van der Waals surface area contributed by atoms with Gasteiger partial charge in [-0.3, -0.25) is 0 Å². The van der Waals surface area contributed by atoms with E-state index in [9.17, 15) is 19.4 Å². The molecule has 1 aromatic rings. The first kappa shape index (κ1) is 13.1. The van der Waals surface area contributed by atoms with Crippen molar-refractivity contribution in [1.29, 1.82) is 0 Å². The Morgan fingerprint density at radius 1 is 1.50 bits per heavy atom. The first-order valence-corrected chi connectivity index (χ1v) is 5.16. The van der Waals surface area contributed by atoms with Crippen molar-refractivity contribution in [3.05, 3.63) is 34.1 Å². The average Bonchev–Trinajstić information content (AvgIpc) is 2.26. The van der Waals surface area contributed by atoms with Gasteiger partial charge in [0, 0.05) is 10.0 Å². The van der Waals surface area contributed by atoms with Crippen molar-refractivity contribution in [3.8, 4) is 0 Å². The van der Waals surface area contributed by atoms with Crippen molar-refractivity contribution in [2.75, 3.05) is 7.11 Å². The molecular weight excluding hydrogens is 283 g/mol. The van der Waals surface area contributed by atoms with Crippen LogP contribution < -0.4 is 0 Å². The summed E-state index contributed by atoms with van der Waals surface area (Å²) in [6.45, 7) is 0. The largest absolute Gasteiger partial charge is 0.467 e. The highest BCUT2D eigenvalue weighted by atomic mass is 79.9. The van der Waals surface area contributed by atoms with Crippen LogP contribution in [0.4, 0.5) is 4.39 Å². The van der Waals surface area contributed by atoms with Crippen LogP contribution in [0.1, 0.15) is 11.7 Å². The number of hydrogen-bond acceptors (Lipinski definition) is 4. The number of esters is 1. The maximum Gasteiger partial charge on any atom is 0.337 e. The number of benzene rings is 1. The maximum atomic E-state index is 13.4. The molecule has 4 nitrogen and oxygen atoms in total. The third kappa shape index (κ3) is 2.58. The SMILES string of the molecule is COC(=O)C(O)C(O)c1c(F)cccc1Br. The Labute approximate surface area is 99.8 Å². The molecule has 0 saturated carbocycles. The summed E-state index contributed by atoms with van der Waals surface area (Å²) in [4.78, 5) is 11.0. The number of rotatable bonds is 3. The smallest absolute Gasteiger partial charge is 0.337 e. The Balaban J connectivity index is 3.04. The molecule has 1 aromatic carbocycles. The minimum absolute atomic E-state index is 0.180. The number of halogens is 2. The van der Waals surface area contributed by atoms with E-state index >= 15 is 0 Å². The normalized spacial score (nSPS) is 14.3. The third-order valence-corrected chi connectivity index (χ3v) is 2.73. The fourth-order valence-corrected chi connectivity index (χ4v) is 1.78. The molecule has 0 amide bonds. The van der Waals surface area contributed by atoms with E-state index < -0.39 is 24.0 Å². The first-order chi connectivity index (χ1) is 7.49. The van der Waals surface area contributed by atoms with Crippen LogP contribution in [0, 0.1) is 5.82 Å². The zero-order valence-corrected chi connectivity index (χ0v) is 9.94. The van der Waals surface area contributed by atoms with Gasteiger partial charge in [-0.1, -0.05) is 22.0 Å². The van der Waals surface area contributed by atoms with Crippen LogP contribution in [-0.2, 0) is 9.53 Å². The number of methoxy groups -OCH3 is 1. The summed E-state index contributed by atoms with van der Waals surface area (Å²) in [5.41, 5.74) is -0.180. The van der Waals surface area contributed by atoms with Crippen molar-refractivity contribution in [3.63, 3.8) is 0 Å². The number of hydrogen-bond donors (Lipinski definition) is 2. The molecule has 0 heterocycles. The zero-order valence-electron chi connectivity index (χ0n) is 8.35. The number of aliphatic hydroxyl groups is 2. The molecule has 0 aliphatic rings. The van der Waals surface area contributed by atoms with E-state index in [0.29, 0.717) is 0 Å². The number of carbonyl (C=O) groups excluding carboxylic acids is 1. The molecule has 0 radical (unpaired) electrons. The molecule has 0 saturated heterocycles. The van der Waals surface area contributed by atoms with E-state index in [4.69, 9.17) is 0 Å². The molecule has 0 aliphatic carbocycles. The summed E-state index contributed by atoms with van der Waals surface area (Å²) in [5, 5.41) is 19.0. The van der Waals surface area contributed by atoms with Crippen LogP contribution in [0.2, 0.25) is 0 Å². The number of ether oxygens (including phenoxy) is 1. The number of aliphatic hydroxyl groups excluding tert-OH is 2. The first-order valence-electron chi connectivity index (χ1n) is 4.37. The molecule has 0 aliphatic heterocycles. The third-order valence-electron chi connectivity index (χ3n) is 2.04. The molecule has 88 valence electrons. The lowest BCUT2D eigenvalue weighted by Gasteiger charge is -2.17. The second kappa shape index (κ2) is 5.38. The molecule has 16 heavy (non-hydrogen) atoms. The predicted molar refractivity (Wildman–Crippen MR) is 57.1 cm³/mol. The molecule has 0 bridgehead atoms. The summed E-state index contributed by atoms with van der Waals surface area (Å²) < 4.78 is 17.9. The van der Waals surface area contributed by atoms with Crippen molar-refractivity contribution >= 4 is 21.9 Å². The van der Waals surface area contributed by atoms with Crippen molar-refractivity contribution in [2.24, 2.45) is 0 Å². The molecular formula is C10H10BrFO4. The summed E-state index contributed by atoms with van der Waals surface area (Å²) in [6.07, 6.45) is -3.50. The van der Waals surface area contributed by atoms with E-state index in [0.717, 1.165) is 13.2 Å². The van der Waals surface area contributed by atoms with Crippen molar-refractivity contribution in [1.82, 2.24) is 0 Å². The second-order valence-corrected chi connectivity index (χ2v) is 3.90. The molecule has 1 rings (SSSR count). The lowest BCUT2D eigenvalue weighted by molar-refractivity contribution is -0.156. The van der Waals surface area contributed by atoms with Crippen molar-refractivity contribution < 1.29 is 24.1 Å². The van der Waals surface area contributed by atoms with E-state index in [1.807, 2.05) is 0 Å². The predicted octanol–water partition coefficient (Wildman–Crippen LogP) is 1.16. The molecule has 0 fully saturated rings. The average molecular weight is 293 g/mol. The van der Waals surface area contributed by atoms with Crippen LogP contribution in [0.3, 0.4) is 0 Å². The lowest BCUT2D eigenvalue weighted by Crippen LogP contribution is -2.29. The van der Waals surface area contributed by atoms with Gasteiger partial charge >= 0.3 is 5.97 Å². The summed E-state index contributed by atoms with van der Waals surface area (Å²) >= 11 is 3.02. The minimum Gasteiger partial charge on any atom is -0.467 e. The Morgan fingerprint density at radius 2 is 2.12 bits per heavy atom. The monoisotopic (exact) mass is 292 g/mol. The Bertz CT molecular complexity index is 376. The van der Waals surface area contributed by atoms with Crippen LogP contribution in [0.5, 0.6) is 0 Å². The van der Waals surface area contributed by atoms with Crippen LogP contribution in [0.25, 0.3) is 0 Å². The maximum absolute atomic E-state index is 13.4. The topological polar surface area (TPSA) is 66.8 Å². The molecule has 2 atom stereocenters. The van der Waals surface area contributed by atoms with Crippen LogP contribution >= 0.6 is 15.9 Å². The van der Waals surface area contributed by atoms with Gasteiger partial charge in [0.25, 0.3) is 0 Å². The molecule has 2 N–H and O–H groups in total. The summed E-state index contributed by atoms with van der Waals surface area (Å²) in [5.74, 6) is -1.74. The zero-order chi connectivity index (χ0) is 12.3. The van der Waals surface area contributed by atoms with E-state index in [1.54, 1.807) is 0 Å². The molecule has 0 spiro atoms. The highest BCUT2D eigenvalue weighted by Crippen LogP contribution is 2.28. The Morgan fingerprint density at radius 3 is 2.62 bits per heavy atom. The molecule has 2 unspecified atom stereocenters. The highest BCUT2D eigenvalue weighted by molar-refractivity contribution is 9.10. The minimum atomic E-state index is -1.82. The van der Waals surface area contributed by atoms with E-state index in [1.165, 1.54) is 12.1 Å². The van der Waals surface area contributed by atoms with E-state index in [2.05, 4.69) is 20.7 Å². The van der Waals surface area contributed by atoms with Crippen LogP contribution in [-0.4, -0.2) is 29.4 Å². The quantitative estimate of drug-likeness (QED) is 0.821. The summed E-state index contributed by atoms with van der Waals surface area (Å²) in [6, 6.07) is 4.04. The van der Waals surface area contributed by atoms with Gasteiger partial charge < -0.3 is 14.9 Å². The van der Waals surface area contributed by atoms with Gasteiger partial charge in [-0.2, -0.15) is 0 Å². The van der Waals surface area contributed by atoms with Gasteiger partial charge in [-0.15, -0.1) is 0 Å². The van der Waals surface area contributed by atoms with Gasteiger partial charge in [0.05, 0.1) is 7.11 Å². The molecule has 0 aromatic heterocycles. The fraction of sp³-hybridized carbons (Fsp3) is 0.300. The van der Waals surface area contributed by atoms with Crippen LogP contribution in [0.15, 0.2) is 22.7 Å². The van der Waals surface area contributed by atoms with Gasteiger partial charge in [0.1, 0.15) is 11.9 Å². The van der Waals surface area contributed by atoms with Gasteiger partial charge in [0.15, 0.2) is 6.10 Å². The molecule has 6 heteroatoms. The standard InChI is InChI=1S/C10H10BrFO4/c1-16-10(15)9(14)8(13)7-5(11)3-2-4-6(7)12/h2-4,8-9,13-14H,1H3. The van der Waals surface area contributed by atoms with Gasteiger partial charge in [-0.25, -0.2) is 9.18 Å².